The van der Waals surface area contributed by atoms with Crippen LogP contribution in [0.25, 0.3) is 0 Å². The van der Waals surface area contributed by atoms with Crippen molar-refractivity contribution >= 4 is 35.0 Å². The third-order valence-corrected chi connectivity index (χ3v) is 8.73. The molecule has 1 aliphatic rings. The topological polar surface area (TPSA) is 108 Å². The van der Waals surface area contributed by atoms with Crippen molar-refractivity contribution in [2.75, 3.05) is 17.7 Å². The fourth-order valence-electron chi connectivity index (χ4n) is 5.00. The molecule has 0 aliphatic carbocycles. The first kappa shape index (κ1) is 31.1. The maximum Gasteiger partial charge on any atom is 0.255 e. The summed E-state index contributed by atoms with van der Waals surface area (Å²) in [6.07, 6.45) is -5.07. The molecule has 9 heteroatoms. The van der Waals surface area contributed by atoms with E-state index < -0.39 is 30.5 Å². The maximum atomic E-state index is 12.6. The molecule has 1 amide bonds. The zero-order valence-electron chi connectivity index (χ0n) is 23.6. The molecule has 4 aromatic carbocycles. The molecule has 4 aromatic rings. The quantitative estimate of drug-likeness (QED) is 0.164. The van der Waals surface area contributed by atoms with E-state index in [1.807, 2.05) is 73.7 Å². The van der Waals surface area contributed by atoms with Crippen LogP contribution >= 0.6 is 23.4 Å². The number of aliphatic hydroxyl groups is 3. The smallest absolute Gasteiger partial charge is 0.255 e. The highest BCUT2D eigenvalue weighted by molar-refractivity contribution is 7.99. The molecule has 0 aromatic heterocycles. The molecule has 1 fully saturated rings. The number of aliphatic hydroxyl groups excluding tert-OH is 3. The lowest BCUT2D eigenvalue weighted by molar-refractivity contribution is -0.218. The van der Waals surface area contributed by atoms with Gasteiger partial charge in [0.25, 0.3) is 5.91 Å². The Kier molecular flexibility index (Phi) is 10.4. The number of nitrogens with one attached hydrogen (secondary N) is 1. The first-order valence-electron chi connectivity index (χ1n) is 14.1. The number of carbonyl (C=O) groups excluding carboxylic acids is 1. The average molecular weight is 620 g/mol. The summed E-state index contributed by atoms with van der Waals surface area (Å²) in [6, 6.07) is 29.5. The summed E-state index contributed by atoms with van der Waals surface area (Å²) >= 11 is 7.95. The second-order valence-electron chi connectivity index (χ2n) is 10.3. The van der Waals surface area contributed by atoms with Gasteiger partial charge in [-0.05, 0) is 78.6 Å². The van der Waals surface area contributed by atoms with Gasteiger partial charge >= 0.3 is 0 Å². The molecule has 0 unspecified atom stereocenters. The highest BCUT2D eigenvalue weighted by Crippen LogP contribution is 2.36. The predicted octanol–water partition coefficient (Wildman–Crippen LogP) is 5.90. The molecular weight excluding hydrogens is 586 g/mol. The number of halogens is 1. The molecular formula is C34H34ClNO6S. The van der Waals surface area contributed by atoms with Crippen LogP contribution in [0, 0.1) is 0 Å². The van der Waals surface area contributed by atoms with Crippen LogP contribution in [0.2, 0.25) is 5.02 Å². The Morgan fingerprint density at radius 3 is 2.42 bits per heavy atom. The fourth-order valence-corrected chi connectivity index (χ4v) is 6.20. The van der Waals surface area contributed by atoms with E-state index in [0.717, 1.165) is 21.8 Å². The van der Waals surface area contributed by atoms with Crippen LogP contribution in [-0.4, -0.2) is 58.0 Å². The molecule has 0 saturated carbocycles. The van der Waals surface area contributed by atoms with E-state index in [4.69, 9.17) is 21.1 Å². The van der Waals surface area contributed by atoms with Crippen molar-refractivity contribution < 1.29 is 29.6 Å². The lowest BCUT2D eigenvalue weighted by Gasteiger charge is -2.41. The van der Waals surface area contributed by atoms with Gasteiger partial charge in [-0.25, -0.2) is 0 Å². The number of carbonyl (C=O) groups is 1. The Morgan fingerprint density at radius 2 is 1.67 bits per heavy atom. The monoisotopic (exact) mass is 619 g/mol. The van der Waals surface area contributed by atoms with Crippen LogP contribution in [0.3, 0.4) is 0 Å². The molecule has 5 atom stereocenters. The standard InChI is InChI=1S/C34H34ClNO6S/c1-2-41-26-14-11-21(12-15-26)17-24-18-23(13-16-28(24)35)33-32(39)31(38)30(37)29(42-33)20-43-27-10-6-9-25(19-27)36-34(40)22-7-4-3-5-8-22/h3-16,18-19,29-33,37-39H,2,17,20H2,1H3,(H,36,40)/t29-,30+,31-,32-,33+/m1/s1. The second-order valence-corrected chi connectivity index (χ2v) is 11.8. The van der Waals surface area contributed by atoms with E-state index in [0.29, 0.717) is 40.6 Å². The maximum absolute atomic E-state index is 12.6. The summed E-state index contributed by atoms with van der Waals surface area (Å²) in [7, 11) is 0. The van der Waals surface area contributed by atoms with Gasteiger partial charge < -0.3 is 30.1 Å². The normalized spacial score (nSPS) is 21.7. The summed E-state index contributed by atoms with van der Waals surface area (Å²) < 4.78 is 11.7. The molecule has 0 bridgehead atoms. The average Bonchev–Trinajstić information content (AvgIpc) is 3.02. The fraction of sp³-hybridized carbons (Fsp3) is 0.265. The van der Waals surface area contributed by atoms with Gasteiger partial charge in [-0.3, -0.25) is 4.79 Å². The first-order chi connectivity index (χ1) is 20.8. The van der Waals surface area contributed by atoms with Gasteiger partial charge in [-0.2, -0.15) is 0 Å². The molecule has 1 saturated heterocycles. The number of hydrogen-bond donors (Lipinski definition) is 4. The Bertz CT molecular complexity index is 1520. The van der Waals surface area contributed by atoms with E-state index in [1.54, 1.807) is 30.3 Å². The molecule has 0 radical (unpaired) electrons. The number of anilines is 1. The van der Waals surface area contributed by atoms with E-state index in [2.05, 4.69) is 5.32 Å². The first-order valence-corrected chi connectivity index (χ1v) is 15.5. The number of ether oxygens (including phenoxy) is 2. The van der Waals surface area contributed by atoms with Crippen LogP contribution < -0.4 is 10.1 Å². The number of rotatable bonds is 10. The van der Waals surface area contributed by atoms with E-state index in [9.17, 15) is 20.1 Å². The minimum atomic E-state index is -1.40. The number of benzene rings is 4. The van der Waals surface area contributed by atoms with Crippen LogP contribution in [0.1, 0.15) is 40.1 Å². The molecule has 1 aliphatic heterocycles. The van der Waals surface area contributed by atoms with Crippen molar-refractivity contribution in [1.82, 2.24) is 0 Å². The van der Waals surface area contributed by atoms with Gasteiger partial charge in [0, 0.05) is 26.9 Å². The second kappa shape index (κ2) is 14.4. The number of hydrogen-bond acceptors (Lipinski definition) is 7. The van der Waals surface area contributed by atoms with Crippen LogP contribution in [-0.2, 0) is 11.2 Å². The van der Waals surface area contributed by atoms with Gasteiger partial charge in [0.2, 0.25) is 0 Å². The summed E-state index contributed by atoms with van der Waals surface area (Å²) in [6.45, 7) is 2.53. The van der Waals surface area contributed by atoms with Crippen molar-refractivity contribution in [1.29, 1.82) is 0 Å². The molecule has 43 heavy (non-hydrogen) atoms. The Labute approximate surface area is 260 Å². The Balaban J connectivity index is 1.26. The lowest BCUT2D eigenvalue weighted by atomic mass is 9.90. The number of thioether (sulfide) groups is 1. The zero-order valence-corrected chi connectivity index (χ0v) is 25.2. The van der Waals surface area contributed by atoms with E-state index in [1.165, 1.54) is 11.8 Å². The highest BCUT2D eigenvalue weighted by Gasteiger charge is 2.44. The lowest BCUT2D eigenvalue weighted by Crippen LogP contribution is -2.54. The Morgan fingerprint density at radius 1 is 0.907 bits per heavy atom. The number of amides is 1. The molecule has 7 nitrogen and oxygen atoms in total. The van der Waals surface area contributed by atoms with Crippen molar-refractivity contribution in [3.8, 4) is 5.75 Å². The van der Waals surface area contributed by atoms with Crippen LogP contribution in [0.15, 0.2) is 102 Å². The van der Waals surface area contributed by atoms with Crippen LogP contribution in [0.4, 0.5) is 5.69 Å². The summed E-state index contributed by atoms with van der Waals surface area (Å²) in [5, 5.41) is 35.9. The van der Waals surface area contributed by atoms with Gasteiger partial charge in [0.15, 0.2) is 0 Å². The van der Waals surface area contributed by atoms with Crippen molar-refractivity contribution in [2.24, 2.45) is 0 Å². The predicted molar refractivity (Wildman–Crippen MR) is 169 cm³/mol. The molecule has 0 spiro atoms. The SMILES string of the molecule is CCOc1ccc(Cc2cc([C@@H]3O[C@H](CSc4cccc(NC(=O)c5ccccc5)c4)[C@H](O)[C@@H](O)[C@H]3O)ccc2Cl)cc1. The van der Waals surface area contributed by atoms with E-state index in [-0.39, 0.29) is 5.91 Å². The van der Waals surface area contributed by atoms with Crippen molar-refractivity contribution in [2.45, 2.75) is 48.8 Å². The molecule has 5 rings (SSSR count). The third-order valence-electron chi connectivity index (χ3n) is 7.28. The van der Waals surface area contributed by atoms with Gasteiger partial charge in [-0.15, -0.1) is 11.8 Å². The van der Waals surface area contributed by atoms with E-state index >= 15 is 0 Å². The Hall–Kier alpha value is -3.37. The minimum absolute atomic E-state index is 0.210. The summed E-state index contributed by atoms with van der Waals surface area (Å²) in [5.74, 6) is 0.896. The van der Waals surface area contributed by atoms with Gasteiger partial charge in [0.05, 0.1) is 12.7 Å². The molecule has 4 N–H and O–H groups in total. The van der Waals surface area contributed by atoms with Crippen LogP contribution in [0.5, 0.6) is 5.75 Å². The van der Waals surface area contributed by atoms with Crippen molar-refractivity contribution in [3.63, 3.8) is 0 Å². The molecule has 1 heterocycles. The molecule has 224 valence electrons. The highest BCUT2D eigenvalue weighted by atomic mass is 35.5. The summed E-state index contributed by atoms with van der Waals surface area (Å²) in [4.78, 5) is 13.4. The largest absolute Gasteiger partial charge is 0.494 e. The van der Waals surface area contributed by atoms with Gasteiger partial charge in [-0.1, -0.05) is 60.1 Å². The zero-order chi connectivity index (χ0) is 30.3. The van der Waals surface area contributed by atoms with Gasteiger partial charge in [0.1, 0.15) is 30.2 Å². The summed E-state index contributed by atoms with van der Waals surface area (Å²) in [5.41, 5.74) is 3.74. The third kappa shape index (κ3) is 7.78. The minimum Gasteiger partial charge on any atom is -0.494 e. The van der Waals surface area contributed by atoms with Crippen molar-refractivity contribution in [3.05, 3.63) is 124 Å².